The molecule has 128 valence electrons. The van der Waals surface area contributed by atoms with Crippen LogP contribution in [0.5, 0.6) is 0 Å². The van der Waals surface area contributed by atoms with E-state index in [9.17, 15) is 9.18 Å². The molecule has 1 saturated carbocycles. The second-order valence-electron chi connectivity index (χ2n) is 6.64. The molecule has 3 nitrogen and oxygen atoms in total. The Bertz CT molecular complexity index is 909. The van der Waals surface area contributed by atoms with Gasteiger partial charge in [-0.05, 0) is 43.5 Å². The molecule has 0 N–H and O–H groups in total. The molecule has 3 aromatic rings. The van der Waals surface area contributed by atoms with Gasteiger partial charge in [0.15, 0.2) is 0 Å². The van der Waals surface area contributed by atoms with Crippen molar-refractivity contribution in [2.75, 3.05) is 0 Å². The van der Waals surface area contributed by atoms with Crippen LogP contribution in [0.1, 0.15) is 35.7 Å². The fourth-order valence-corrected chi connectivity index (χ4v) is 3.37. The van der Waals surface area contributed by atoms with Crippen LogP contribution in [0, 0.1) is 5.82 Å². The lowest BCUT2D eigenvalue weighted by Crippen LogP contribution is -2.32. The highest BCUT2D eigenvalue weighted by atomic mass is 19.1. The second-order valence-corrected chi connectivity index (χ2v) is 6.64. The molecule has 0 saturated heterocycles. The largest absolute Gasteiger partial charge is 0.347 e. The summed E-state index contributed by atoms with van der Waals surface area (Å²) in [6.45, 7) is 3.43. The predicted octanol–water partition coefficient (Wildman–Crippen LogP) is 4.61. The van der Waals surface area contributed by atoms with Gasteiger partial charge in [-0.2, -0.15) is 0 Å². The summed E-state index contributed by atoms with van der Waals surface area (Å²) in [7, 11) is 0. The van der Waals surface area contributed by atoms with Crippen LogP contribution in [-0.2, 0) is 13.1 Å². The first-order chi connectivity index (χ1) is 12.2. The Balaban J connectivity index is 1.69. The molecule has 0 unspecified atom stereocenters. The molecule has 1 aliphatic rings. The minimum Gasteiger partial charge on any atom is -0.347 e. The first-order valence-corrected chi connectivity index (χ1v) is 8.80. The molecular formula is C21H21FN2O. The van der Waals surface area contributed by atoms with Gasteiger partial charge in [-0.1, -0.05) is 30.3 Å². The van der Waals surface area contributed by atoms with Crippen molar-refractivity contribution in [2.24, 2.45) is 0 Å². The molecule has 1 heterocycles. The highest BCUT2D eigenvalue weighted by Gasteiger charge is 2.34. The lowest BCUT2D eigenvalue weighted by molar-refractivity contribution is 0.0731. The molecule has 25 heavy (non-hydrogen) atoms. The van der Waals surface area contributed by atoms with Crippen LogP contribution in [0.4, 0.5) is 4.39 Å². The maximum Gasteiger partial charge on any atom is 0.256 e. The van der Waals surface area contributed by atoms with Gasteiger partial charge in [0.2, 0.25) is 0 Å². The topological polar surface area (TPSA) is 25.2 Å². The van der Waals surface area contributed by atoms with Crippen molar-refractivity contribution in [1.82, 2.24) is 9.47 Å². The molecule has 0 radical (unpaired) electrons. The highest BCUT2D eigenvalue weighted by molar-refractivity contribution is 6.07. The van der Waals surface area contributed by atoms with Crippen molar-refractivity contribution >= 4 is 16.8 Å². The first-order valence-electron chi connectivity index (χ1n) is 8.80. The number of amides is 1. The fraction of sp³-hybridized carbons (Fsp3) is 0.286. The number of carbonyl (C=O) groups excluding carboxylic acids is 1. The maximum atomic E-state index is 13.3. The summed E-state index contributed by atoms with van der Waals surface area (Å²) in [5.41, 5.74) is 2.80. The number of fused-ring (bicyclic) bond motifs is 1. The zero-order valence-corrected chi connectivity index (χ0v) is 14.3. The quantitative estimate of drug-likeness (QED) is 0.668. The second kappa shape index (κ2) is 6.36. The van der Waals surface area contributed by atoms with Gasteiger partial charge in [0.1, 0.15) is 5.82 Å². The molecule has 0 bridgehead atoms. The predicted molar refractivity (Wildman–Crippen MR) is 96.9 cm³/mol. The van der Waals surface area contributed by atoms with Crippen LogP contribution in [0.3, 0.4) is 0 Å². The standard InChI is InChI=1S/C21H21FN2O/c1-2-23-14-19(18-5-3-4-6-20(18)23)21(25)24(17-11-12-17)13-15-7-9-16(22)10-8-15/h3-10,14,17H,2,11-13H2,1H3. The van der Waals surface area contributed by atoms with Crippen LogP contribution in [0.25, 0.3) is 10.9 Å². The number of aromatic nitrogens is 1. The summed E-state index contributed by atoms with van der Waals surface area (Å²) >= 11 is 0. The van der Waals surface area contributed by atoms with Gasteiger partial charge in [0.05, 0.1) is 5.56 Å². The van der Waals surface area contributed by atoms with E-state index in [2.05, 4.69) is 17.6 Å². The van der Waals surface area contributed by atoms with Gasteiger partial charge in [0.25, 0.3) is 5.91 Å². The molecule has 0 atom stereocenters. The van der Waals surface area contributed by atoms with E-state index in [1.54, 1.807) is 12.1 Å². The number of nitrogens with zero attached hydrogens (tertiary/aromatic N) is 2. The van der Waals surface area contributed by atoms with E-state index >= 15 is 0 Å². The van der Waals surface area contributed by atoms with Crippen molar-refractivity contribution in [3.63, 3.8) is 0 Å². The molecule has 0 aliphatic heterocycles. The Morgan fingerprint density at radius 3 is 2.56 bits per heavy atom. The zero-order chi connectivity index (χ0) is 17.4. The number of hydrogen-bond acceptors (Lipinski definition) is 1. The Hall–Kier alpha value is -2.62. The van der Waals surface area contributed by atoms with E-state index in [4.69, 9.17) is 0 Å². The third-order valence-electron chi connectivity index (χ3n) is 4.87. The van der Waals surface area contributed by atoms with E-state index in [1.807, 2.05) is 29.3 Å². The zero-order valence-electron chi connectivity index (χ0n) is 14.3. The number of benzene rings is 2. The van der Waals surface area contributed by atoms with E-state index in [0.717, 1.165) is 41.4 Å². The molecule has 4 rings (SSSR count). The molecule has 1 aromatic heterocycles. The molecule has 4 heteroatoms. The molecule has 1 amide bonds. The van der Waals surface area contributed by atoms with Crippen LogP contribution in [0.2, 0.25) is 0 Å². The van der Waals surface area contributed by atoms with Gasteiger partial charge in [-0.3, -0.25) is 4.79 Å². The minimum absolute atomic E-state index is 0.0650. The molecule has 1 aliphatic carbocycles. The average Bonchev–Trinajstić information content (AvgIpc) is 3.41. The van der Waals surface area contributed by atoms with Crippen LogP contribution in [-0.4, -0.2) is 21.4 Å². The lowest BCUT2D eigenvalue weighted by atomic mass is 10.1. The number of hydrogen-bond donors (Lipinski definition) is 0. The van der Waals surface area contributed by atoms with Gasteiger partial charge < -0.3 is 9.47 Å². The number of rotatable bonds is 5. The lowest BCUT2D eigenvalue weighted by Gasteiger charge is -2.22. The van der Waals surface area contributed by atoms with Crippen molar-refractivity contribution in [3.8, 4) is 0 Å². The van der Waals surface area contributed by atoms with Gasteiger partial charge in [-0.15, -0.1) is 0 Å². The Morgan fingerprint density at radius 1 is 1.16 bits per heavy atom. The Labute approximate surface area is 146 Å². The SMILES string of the molecule is CCn1cc(C(=O)N(Cc2ccc(F)cc2)C2CC2)c2ccccc21. The maximum absolute atomic E-state index is 13.3. The smallest absolute Gasteiger partial charge is 0.256 e. The number of halogens is 1. The molecule has 2 aromatic carbocycles. The Morgan fingerprint density at radius 2 is 1.88 bits per heavy atom. The van der Waals surface area contributed by atoms with E-state index in [1.165, 1.54) is 12.1 Å². The van der Waals surface area contributed by atoms with E-state index in [0.29, 0.717) is 12.6 Å². The minimum atomic E-state index is -0.251. The van der Waals surface area contributed by atoms with Crippen molar-refractivity contribution in [2.45, 2.75) is 38.9 Å². The fourth-order valence-electron chi connectivity index (χ4n) is 3.37. The molecule has 1 fully saturated rings. The van der Waals surface area contributed by atoms with Crippen molar-refractivity contribution in [3.05, 3.63) is 71.7 Å². The van der Waals surface area contributed by atoms with Crippen molar-refractivity contribution < 1.29 is 9.18 Å². The summed E-state index contributed by atoms with van der Waals surface area (Å²) in [4.78, 5) is 15.2. The number of aryl methyl sites for hydroxylation is 1. The summed E-state index contributed by atoms with van der Waals surface area (Å²) in [6.07, 6.45) is 4.05. The summed E-state index contributed by atoms with van der Waals surface area (Å²) in [5.74, 6) is -0.186. The van der Waals surface area contributed by atoms with Gasteiger partial charge in [-0.25, -0.2) is 4.39 Å². The highest BCUT2D eigenvalue weighted by Crippen LogP contribution is 2.32. The Kier molecular flexibility index (Phi) is 4.04. The monoisotopic (exact) mass is 336 g/mol. The summed E-state index contributed by atoms with van der Waals surface area (Å²) in [5, 5.41) is 0.999. The third kappa shape index (κ3) is 3.04. The van der Waals surface area contributed by atoms with E-state index < -0.39 is 0 Å². The van der Waals surface area contributed by atoms with Gasteiger partial charge in [0, 0.05) is 36.2 Å². The number of carbonyl (C=O) groups is 1. The van der Waals surface area contributed by atoms with Crippen LogP contribution < -0.4 is 0 Å². The van der Waals surface area contributed by atoms with Crippen LogP contribution >= 0.6 is 0 Å². The summed E-state index contributed by atoms with van der Waals surface area (Å²) < 4.78 is 15.3. The normalized spacial score (nSPS) is 14.0. The van der Waals surface area contributed by atoms with Crippen LogP contribution in [0.15, 0.2) is 54.7 Å². The average molecular weight is 336 g/mol. The van der Waals surface area contributed by atoms with E-state index in [-0.39, 0.29) is 11.7 Å². The molecule has 0 spiro atoms. The third-order valence-corrected chi connectivity index (χ3v) is 4.87. The first kappa shape index (κ1) is 15.9. The van der Waals surface area contributed by atoms with Crippen molar-refractivity contribution in [1.29, 1.82) is 0 Å². The van der Waals surface area contributed by atoms with Gasteiger partial charge >= 0.3 is 0 Å². The number of para-hydroxylation sites is 1. The molecular weight excluding hydrogens is 315 g/mol. The summed E-state index contributed by atoms with van der Waals surface area (Å²) in [6, 6.07) is 14.7.